The van der Waals surface area contributed by atoms with E-state index in [4.69, 9.17) is 9.47 Å². The standard InChI is InChI=1S/C18H24N2O3/c1-22-16-10-14-15(19-12-20-18(14)21)11-17(16)23-9-5-8-13-6-3-2-4-7-13/h10-13H,2-9H2,1H3,(H,19,20,21). The lowest BCUT2D eigenvalue weighted by molar-refractivity contribution is 0.259. The summed E-state index contributed by atoms with van der Waals surface area (Å²) in [6.45, 7) is 0.668. The topological polar surface area (TPSA) is 64.2 Å². The first-order valence-corrected chi connectivity index (χ1v) is 8.46. The molecule has 1 saturated carbocycles. The lowest BCUT2D eigenvalue weighted by Gasteiger charge is -2.21. The van der Waals surface area contributed by atoms with E-state index in [-0.39, 0.29) is 5.56 Å². The van der Waals surface area contributed by atoms with Crippen LogP contribution >= 0.6 is 0 Å². The fourth-order valence-electron chi connectivity index (χ4n) is 3.38. The number of aromatic amines is 1. The van der Waals surface area contributed by atoms with Gasteiger partial charge in [-0.2, -0.15) is 0 Å². The van der Waals surface area contributed by atoms with Crippen LogP contribution in [0.1, 0.15) is 44.9 Å². The maximum absolute atomic E-state index is 11.8. The molecule has 1 aliphatic carbocycles. The molecule has 0 bridgehead atoms. The molecule has 0 atom stereocenters. The SMILES string of the molecule is COc1cc2c(=O)[nH]cnc2cc1OCCCC1CCCCC1. The Bertz CT molecular complexity index is 705. The molecule has 5 nitrogen and oxygen atoms in total. The van der Waals surface area contributed by atoms with Crippen molar-refractivity contribution in [2.75, 3.05) is 13.7 Å². The van der Waals surface area contributed by atoms with Gasteiger partial charge in [-0.1, -0.05) is 32.1 Å². The summed E-state index contributed by atoms with van der Waals surface area (Å²) in [6.07, 6.45) is 10.6. The van der Waals surface area contributed by atoms with Crippen molar-refractivity contribution in [1.29, 1.82) is 0 Å². The zero-order valence-electron chi connectivity index (χ0n) is 13.6. The van der Waals surface area contributed by atoms with Crippen molar-refractivity contribution in [2.45, 2.75) is 44.9 Å². The van der Waals surface area contributed by atoms with Gasteiger partial charge >= 0.3 is 0 Å². The second-order valence-electron chi connectivity index (χ2n) is 6.25. The molecule has 3 rings (SSSR count). The summed E-state index contributed by atoms with van der Waals surface area (Å²) in [5.41, 5.74) is 0.453. The van der Waals surface area contributed by atoms with E-state index in [1.807, 2.05) is 0 Å². The van der Waals surface area contributed by atoms with Crippen LogP contribution in [0.25, 0.3) is 10.9 Å². The fraction of sp³-hybridized carbons (Fsp3) is 0.556. The number of hydrogen-bond acceptors (Lipinski definition) is 4. The van der Waals surface area contributed by atoms with Crippen molar-refractivity contribution >= 4 is 10.9 Å². The summed E-state index contributed by atoms with van der Waals surface area (Å²) < 4.78 is 11.2. The number of methoxy groups -OCH3 is 1. The third kappa shape index (κ3) is 3.84. The monoisotopic (exact) mass is 316 g/mol. The van der Waals surface area contributed by atoms with Crippen LogP contribution in [-0.2, 0) is 0 Å². The van der Waals surface area contributed by atoms with Crippen molar-refractivity contribution in [3.8, 4) is 11.5 Å². The summed E-state index contributed by atoms with van der Waals surface area (Å²) in [7, 11) is 1.58. The minimum Gasteiger partial charge on any atom is -0.493 e. The van der Waals surface area contributed by atoms with Crippen molar-refractivity contribution in [1.82, 2.24) is 9.97 Å². The molecule has 2 aromatic rings. The Balaban J connectivity index is 1.63. The number of benzene rings is 1. The van der Waals surface area contributed by atoms with Crippen LogP contribution in [0.15, 0.2) is 23.3 Å². The van der Waals surface area contributed by atoms with E-state index in [1.54, 1.807) is 19.2 Å². The Kier molecular flexibility index (Phi) is 5.16. The lowest BCUT2D eigenvalue weighted by atomic mass is 9.86. The second-order valence-corrected chi connectivity index (χ2v) is 6.25. The summed E-state index contributed by atoms with van der Waals surface area (Å²) in [5, 5.41) is 0.513. The number of ether oxygens (including phenoxy) is 2. The molecule has 0 aliphatic heterocycles. The van der Waals surface area contributed by atoms with Gasteiger partial charge in [0.25, 0.3) is 5.56 Å². The van der Waals surface area contributed by atoms with Gasteiger partial charge in [0, 0.05) is 6.07 Å². The maximum Gasteiger partial charge on any atom is 0.258 e. The van der Waals surface area contributed by atoms with Crippen LogP contribution < -0.4 is 15.0 Å². The number of fused-ring (bicyclic) bond motifs is 1. The van der Waals surface area contributed by atoms with Gasteiger partial charge in [-0.15, -0.1) is 0 Å². The van der Waals surface area contributed by atoms with Gasteiger partial charge in [0.1, 0.15) is 0 Å². The Morgan fingerprint density at radius 3 is 2.83 bits per heavy atom. The van der Waals surface area contributed by atoms with Crippen LogP contribution in [0, 0.1) is 5.92 Å². The fourth-order valence-corrected chi connectivity index (χ4v) is 3.38. The molecule has 0 amide bonds. The normalized spacial score (nSPS) is 15.7. The van der Waals surface area contributed by atoms with Crippen molar-refractivity contribution in [3.05, 3.63) is 28.8 Å². The summed E-state index contributed by atoms with van der Waals surface area (Å²) in [6, 6.07) is 3.47. The summed E-state index contributed by atoms with van der Waals surface area (Å²) >= 11 is 0. The summed E-state index contributed by atoms with van der Waals surface area (Å²) in [5.74, 6) is 2.10. The van der Waals surface area contributed by atoms with Crippen LogP contribution in [0.2, 0.25) is 0 Å². The van der Waals surface area contributed by atoms with Crippen LogP contribution in [0.5, 0.6) is 11.5 Å². The van der Waals surface area contributed by atoms with Crippen molar-refractivity contribution in [2.24, 2.45) is 5.92 Å². The largest absolute Gasteiger partial charge is 0.493 e. The van der Waals surface area contributed by atoms with E-state index in [0.717, 1.165) is 12.3 Å². The Labute approximate surface area is 136 Å². The molecule has 1 N–H and O–H groups in total. The highest BCUT2D eigenvalue weighted by molar-refractivity contribution is 5.81. The van der Waals surface area contributed by atoms with Crippen LogP contribution in [0.4, 0.5) is 0 Å². The number of nitrogens with one attached hydrogen (secondary N) is 1. The molecule has 1 fully saturated rings. The Morgan fingerprint density at radius 2 is 2.04 bits per heavy atom. The Morgan fingerprint density at radius 1 is 1.22 bits per heavy atom. The molecule has 0 saturated heterocycles. The molecule has 0 radical (unpaired) electrons. The maximum atomic E-state index is 11.8. The van der Waals surface area contributed by atoms with E-state index >= 15 is 0 Å². The number of nitrogens with zero attached hydrogens (tertiary/aromatic N) is 1. The third-order valence-electron chi connectivity index (χ3n) is 4.66. The predicted octanol–water partition coefficient (Wildman–Crippen LogP) is 3.67. The average molecular weight is 316 g/mol. The van der Waals surface area contributed by atoms with E-state index in [2.05, 4.69) is 9.97 Å². The van der Waals surface area contributed by atoms with Gasteiger partial charge in [-0.25, -0.2) is 4.98 Å². The minimum atomic E-state index is -0.169. The van der Waals surface area contributed by atoms with E-state index in [1.165, 1.54) is 44.9 Å². The van der Waals surface area contributed by atoms with Crippen molar-refractivity contribution < 1.29 is 9.47 Å². The molecule has 1 heterocycles. The van der Waals surface area contributed by atoms with Crippen LogP contribution in [0.3, 0.4) is 0 Å². The molecular weight excluding hydrogens is 292 g/mol. The summed E-state index contributed by atoms with van der Waals surface area (Å²) in [4.78, 5) is 18.6. The van der Waals surface area contributed by atoms with Crippen LogP contribution in [-0.4, -0.2) is 23.7 Å². The van der Waals surface area contributed by atoms with Gasteiger partial charge in [0.2, 0.25) is 0 Å². The lowest BCUT2D eigenvalue weighted by Crippen LogP contribution is -2.09. The first kappa shape index (κ1) is 15.8. The van der Waals surface area contributed by atoms with Gasteiger partial charge < -0.3 is 14.5 Å². The highest BCUT2D eigenvalue weighted by atomic mass is 16.5. The number of H-pyrrole nitrogens is 1. The van der Waals surface area contributed by atoms with Gasteiger partial charge in [0.05, 0.1) is 30.9 Å². The van der Waals surface area contributed by atoms with E-state index < -0.39 is 0 Å². The molecular formula is C18H24N2O3. The van der Waals surface area contributed by atoms with Gasteiger partial charge in [-0.3, -0.25) is 4.79 Å². The Hall–Kier alpha value is -2.04. The smallest absolute Gasteiger partial charge is 0.258 e. The molecule has 1 aliphatic rings. The molecule has 0 spiro atoms. The molecule has 5 heteroatoms. The van der Waals surface area contributed by atoms with E-state index in [0.29, 0.717) is 29.0 Å². The number of rotatable bonds is 6. The van der Waals surface area contributed by atoms with E-state index in [9.17, 15) is 4.79 Å². The first-order valence-electron chi connectivity index (χ1n) is 8.46. The average Bonchev–Trinajstić information content (AvgIpc) is 2.59. The van der Waals surface area contributed by atoms with Gasteiger partial charge in [-0.05, 0) is 24.8 Å². The zero-order valence-corrected chi connectivity index (χ0v) is 13.6. The molecule has 1 aromatic heterocycles. The third-order valence-corrected chi connectivity index (χ3v) is 4.66. The first-order chi connectivity index (χ1) is 11.3. The predicted molar refractivity (Wildman–Crippen MR) is 90.2 cm³/mol. The number of aromatic nitrogens is 2. The molecule has 23 heavy (non-hydrogen) atoms. The zero-order chi connectivity index (χ0) is 16.1. The van der Waals surface area contributed by atoms with Gasteiger partial charge in [0.15, 0.2) is 11.5 Å². The highest BCUT2D eigenvalue weighted by Crippen LogP contribution is 2.31. The second kappa shape index (κ2) is 7.49. The highest BCUT2D eigenvalue weighted by Gasteiger charge is 2.14. The number of hydrogen-bond donors (Lipinski definition) is 1. The molecule has 0 unspecified atom stereocenters. The quantitative estimate of drug-likeness (QED) is 0.826. The minimum absolute atomic E-state index is 0.169. The molecule has 124 valence electrons. The molecule has 1 aromatic carbocycles. The van der Waals surface area contributed by atoms with Crippen molar-refractivity contribution in [3.63, 3.8) is 0 Å².